The SMILES string of the molecule is CC[C@@H]1[C@H](c2ccc(Br)cc2)[C@@H]2CN(C(=O)Nc3ccc(OC)cc3)C[C@@H](O)[C@@H](O)CN12. The summed E-state index contributed by atoms with van der Waals surface area (Å²) < 4.78 is 6.20. The first-order chi connectivity index (χ1) is 15.4. The number of hydrogen-bond acceptors (Lipinski definition) is 5. The number of methoxy groups -OCH3 is 1. The lowest BCUT2D eigenvalue weighted by Crippen LogP contribution is -2.69. The molecule has 2 saturated heterocycles. The molecule has 172 valence electrons. The van der Waals surface area contributed by atoms with Gasteiger partial charge in [-0.1, -0.05) is 35.0 Å². The standard InChI is InChI=1S/C24H30BrN3O4/c1-3-19-23(15-4-6-16(25)7-5-15)20-12-27(13-21(29)22(30)14-28(19)20)24(31)26-17-8-10-18(32-2)11-9-17/h4-11,19-23,29-30H,3,12-14H2,1-2H3,(H,26,31)/t19-,20+,21-,22+,23+/m1/s1. The van der Waals surface area contributed by atoms with Gasteiger partial charge in [0.05, 0.1) is 25.9 Å². The number of carbonyl (C=O) groups excluding carboxylic acids is 1. The third-order valence-corrected chi connectivity index (χ3v) is 7.17. The molecule has 2 aromatic rings. The van der Waals surface area contributed by atoms with E-state index in [1.807, 2.05) is 12.1 Å². The molecule has 8 heteroatoms. The van der Waals surface area contributed by atoms with E-state index in [0.717, 1.165) is 10.9 Å². The number of ether oxygens (including phenoxy) is 1. The lowest BCUT2D eigenvalue weighted by Gasteiger charge is -2.58. The Bertz CT molecular complexity index is 924. The fraction of sp³-hybridized carbons (Fsp3) is 0.458. The number of nitrogens with zero attached hydrogens (tertiary/aromatic N) is 2. The number of carbonyl (C=O) groups is 1. The van der Waals surface area contributed by atoms with Gasteiger partial charge in [-0.15, -0.1) is 0 Å². The fourth-order valence-corrected chi connectivity index (χ4v) is 5.21. The number of rotatable bonds is 4. The van der Waals surface area contributed by atoms with E-state index in [0.29, 0.717) is 24.5 Å². The molecule has 3 N–H and O–H groups in total. The van der Waals surface area contributed by atoms with Crippen LogP contribution in [0.2, 0.25) is 0 Å². The number of hydrogen-bond donors (Lipinski definition) is 3. The molecule has 0 radical (unpaired) electrons. The largest absolute Gasteiger partial charge is 0.497 e. The smallest absolute Gasteiger partial charge is 0.321 e. The molecule has 2 aliphatic rings. The highest BCUT2D eigenvalue weighted by Crippen LogP contribution is 2.43. The Morgan fingerprint density at radius 2 is 1.72 bits per heavy atom. The third kappa shape index (κ3) is 4.64. The Morgan fingerprint density at radius 3 is 2.34 bits per heavy atom. The molecule has 2 heterocycles. The molecule has 0 bridgehead atoms. The minimum Gasteiger partial charge on any atom is -0.497 e. The molecule has 7 nitrogen and oxygen atoms in total. The zero-order chi connectivity index (χ0) is 22.8. The van der Waals surface area contributed by atoms with Crippen LogP contribution >= 0.6 is 15.9 Å². The second-order valence-corrected chi connectivity index (χ2v) is 9.43. The van der Waals surface area contributed by atoms with Crippen molar-refractivity contribution in [3.05, 3.63) is 58.6 Å². The fourth-order valence-electron chi connectivity index (χ4n) is 4.95. The van der Waals surface area contributed by atoms with Gasteiger partial charge in [0.2, 0.25) is 0 Å². The second kappa shape index (κ2) is 9.79. The van der Waals surface area contributed by atoms with E-state index in [-0.39, 0.29) is 30.6 Å². The Hall–Kier alpha value is -2.13. The number of aliphatic hydroxyl groups excluding tert-OH is 2. The zero-order valence-corrected chi connectivity index (χ0v) is 19.9. The molecule has 0 aromatic heterocycles. The van der Waals surface area contributed by atoms with E-state index >= 15 is 0 Å². The summed E-state index contributed by atoms with van der Waals surface area (Å²) in [6.07, 6.45) is -0.978. The van der Waals surface area contributed by atoms with E-state index in [2.05, 4.69) is 45.2 Å². The van der Waals surface area contributed by atoms with Crippen LogP contribution in [0.3, 0.4) is 0 Å². The summed E-state index contributed by atoms with van der Waals surface area (Å²) in [5.41, 5.74) is 1.88. The summed E-state index contributed by atoms with van der Waals surface area (Å²) >= 11 is 3.50. The highest BCUT2D eigenvalue weighted by Gasteiger charge is 2.50. The van der Waals surface area contributed by atoms with E-state index in [9.17, 15) is 15.0 Å². The van der Waals surface area contributed by atoms with Crippen molar-refractivity contribution in [2.45, 2.75) is 43.6 Å². The number of anilines is 1. The average Bonchev–Trinajstić information content (AvgIpc) is 2.79. The molecule has 0 saturated carbocycles. The number of aliphatic hydroxyl groups is 2. The van der Waals surface area contributed by atoms with Crippen LogP contribution in [0.15, 0.2) is 53.0 Å². The van der Waals surface area contributed by atoms with Crippen molar-refractivity contribution < 1.29 is 19.7 Å². The Morgan fingerprint density at radius 1 is 1.06 bits per heavy atom. The highest BCUT2D eigenvalue weighted by atomic mass is 79.9. The first-order valence-electron chi connectivity index (χ1n) is 11.0. The number of urea groups is 1. The summed E-state index contributed by atoms with van der Waals surface area (Å²) in [7, 11) is 1.59. The summed E-state index contributed by atoms with van der Waals surface area (Å²) in [5, 5.41) is 24.0. The van der Waals surface area contributed by atoms with Gasteiger partial charge in [0.1, 0.15) is 5.75 Å². The monoisotopic (exact) mass is 503 g/mol. The van der Waals surface area contributed by atoms with Crippen LogP contribution < -0.4 is 10.1 Å². The van der Waals surface area contributed by atoms with Crippen molar-refractivity contribution in [3.63, 3.8) is 0 Å². The number of β-amino-alcohol motifs (C(OH)–C–C–N with tert-alkyl or cyclic N) is 1. The third-order valence-electron chi connectivity index (χ3n) is 6.64. The van der Waals surface area contributed by atoms with Crippen LogP contribution in [0.1, 0.15) is 24.8 Å². The topological polar surface area (TPSA) is 85.3 Å². The summed E-state index contributed by atoms with van der Waals surface area (Å²) in [6.45, 7) is 3.11. The predicted octanol–water partition coefficient (Wildman–Crippen LogP) is 3.27. The van der Waals surface area contributed by atoms with Gasteiger partial charge >= 0.3 is 6.03 Å². The van der Waals surface area contributed by atoms with Crippen molar-refractivity contribution in [1.82, 2.24) is 9.80 Å². The van der Waals surface area contributed by atoms with Crippen molar-refractivity contribution in [2.75, 3.05) is 32.1 Å². The van der Waals surface area contributed by atoms with Crippen LogP contribution in [-0.4, -0.2) is 77.1 Å². The molecule has 0 aliphatic carbocycles. The summed E-state index contributed by atoms with van der Waals surface area (Å²) in [5.74, 6) is 0.965. The van der Waals surface area contributed by atoms with E-state index in [1.54, 1.807) is 36.3 Å². The molecule has 0 unspecified atom stereocenters. The normalized spacial score (nSPS) is 28.2. The highest BCUT2D eigenvalue weighted by molar-refractivity contribution is 9.10. The van der Waals surface area contributed by atoms with Crippen molar-refractivity contribution >= 4 is 27.6 Å². The van der Waals surface area contributed by atoms with Gasteiger partial charge in [-0.2, -0.15) is 0 Å². The number of amides is 2. The van der Waals surface area contributed by atoms with Gasteiger partial charge in [0.15, 0.2) is 0 Å². The van der Waals surface area contributed by atoms with Crippen molar-refractivity contribution in [2.24, 2.45) is 0 Å². The molecule has 32 heavy (non-hydrogen) atoms. The summed E-state index contributed by atoms with van der Waals surface area (Å²) in [6, 6.07) is 15.5. The molecule has 2 aromatic carbocycles. The Balaban J connectivity index is 1.56. The van der Waals surface area contributed by atoms with Gasteiger partial charge in [0.25, 0.3) is 0 Å². The second-order valence-electron chi connectivity index (χ2n) is 8.52. The molecular weight excluding hydrogens is 474 g/mol. The first kappa shape index (κ1) is 23.0. The molecule has 2 fully saturated rings. The van der Waals surface area contributed by atoms with Gasteiger partial charge in [-0.05, 0) is 48.4 Å². The Labute approximate surface area is 197 Å². The minimum atomic E-state index is -0.998. The lowest BCUT2D eigenvalue weighted by atomic mass is 9.73. The maximum atomic E-state index is 13.1. The summed E-state index contributed by atoms with van der Waals surface area (Å²) in [4.78, 5) is 17.0. The predicted molar refractivity (Wildman–Crippen MR) is 127 cm³/mol. The molecule has 5 atom stereocenters. The quantitative estimate of drug-likeness (QED) is 0.596. The van der Waals surface area contributed by atoms with Gasteiger partial charge in [-0.3, -0.25) is 4.90 Å². The number of benzene rings is 2. The number of nitrogens with one attached hydrogen (secondary N) is 1. The van der Waals surface area contributed by atoms with Crippen LogP contribution in [0, 0.1) is 0 Å². The van der Waals surface area contributed by atoms with Gasteiger partial charge < -0.3 is 25.2 Å². The molecule has 0 spiro atoms. The van der Waals surface area contributed by atoms with E-state index in [1.165, 1.54) is 5.56 Å². The van der Waals surface area contributed by atoms with Crippen LogP contribution in [0.5, 0.6) is 5.75 Å². The van der Waals surface area contributed by atoms with Crippen molar-refractivity contribution in [3.8, 4) is 5.75 Å². The van der Waals surface area contributed by atoms with Crippen LogP contribution in [0.4, 0.5) is 10.5 Å². The maximum absolute atomic E-state index is 13.1. The number of halogens is 1. The first-order valence-corrected chi connectivity index (χ1v) is 11.8. The van der Waals surface area contributed by atoms with Crippen molar-refractivity contribution in [1.29, 1.82) is 0 Å². The van der Waals surface area contributed by atoms with E-state index < -0.39 is 12.2 Å². The zero-order valence-electron chi connectivity index (χ0n) is 18.3. The Kier molecular flexibility index (Phi) is 7.05. The minimum absolute atomic E-state index is 0.0740. The average molecular weight is 504 g/mol. The molecule has 2 aliphatic heterocycles. The van der Waals surface area contributed by atoms with Crippen LogP contribution in [-0.2, 0) is 0 Å². The van der Waals surface area contributed by atoms with Gasteiger partial charge in [-0.25, -0.2) is 4.79 Å². The molecule has 2 amide bonds. The number of fused-ring (bicyclic) bond motifs is 1. The molecule has 4 rings (SSSR count). The lowest BCUT2D eigenvalue weighted by molar-refractivity contribution is -0.102. The van der Waals surface area contributed by atoms with Crippen LogP contribution in [0.25, 0.3) is 0 Å². The van der Waals surface area contributed by atoms with E-state index in [4.69, 9.17) is 4.74 Å². The maximum Gasteiger partial charge on any atom is 0.321 e. The molecular formula is C24H30BrN3O4. The van der Waals surface area contributed by atoms with Gasteiger partial charge in [0, 0.05) is 41.3 Å².